The van der Waals surface area contributed by atoms with Crippen molar-refractivity contribution < 1.29 is 13.5 Å². The van der Waals surface area contributed by atoms with Crippen molar-refractivity contribution in [3.63, 3.8) is 0 Å². The number of nitrogens with one attached hydrogen (secondary N) is 1. The number of aryl methyl sites for hydroxylation is 2. The van der Waals surface area contributed by atoms with Gasteiger partial charge in [-0.1, -0.05) is 13.3 Å². The summed E-state index contributed by atoms with van der Waals surface area (Å²) in [5, 5.41) is 8.90. The van der Waals surface area contributed by atoms with Crippen molar-refractivity contribution in [2.75, 3.05) is 13.2 Å². The zero-order chi connectivity index (χ0) is 13.8. The zero-order valence-corrected chi connectivity index (χ0v) is 11.9. The van der Waals surface area contributed by atoms with Gasteiger partial charge in [0.05, 0.1) is 0 Å². The van der Waals surface area contributed by atoms with Crippen LogP contribution in [-0.2, 0) is 17.1 Å². The van der Waals surface area contributed by atoms with Gasteiger partial charge in [-0.2, -0.15) is 0 Å². The molecule has 0 saturated carbocycles. The SMILES string of the molecule is CCC(CCO)CNS(=O)(=O)c1cn(C)c(C)n1. The van der Waals surface area contributed by atoms with Crippen molar-refractivity contribution in [1.82, 2.24) is 14.3 Å². The standard InChI is InChI=1S/C11H21N3O3S/c1-4-10(5-6-15)7-12-18(16,17)11-8-14(3)9(2)13-11/h8,10,12,15H,4-7H2,1-3H3. The first-order chi connectivity index (χ1) is 8.40. The third kappa shape index (κ3) is 3.79. The smallest absolute Gasteiger partial charge is 0.259 e. The minimum atomic E-state index is -3.55. The van der Waals surface area contributed by atoms with Gasteiger partial charge in [-0.15, -0.1) is 0 Å². The molecule has 0 aromatic carbocycles. The molecule has 0 radical (unpaired) electrons. The first kappa shape index (κ1) is 15.1. The molecule has 1 unspecified atom stereocenters. The number of nitrogens with zero attached hydrogens (tertiary/aromatic N) is 2. The summed E-state index contributed by atoms with van der Waals surface area (Å²) in [6.07, 6.45) is 2.91. The van der Waals surface area contributed by atoms with Gasteiger partial charge < -0.3 is 9.67 Å². The average molecular weight is 275 g/mol. The van der Waals surface area contributed by atoms with Gasteiger partial charge in [-0.3, -0.25) is 0 Å². The molecule has 0 spiro atoms. The fraction of sp³-hybridized carbons (Fsp3) is 0.727. The summed E-state index contributed by atoms with van der Waals surface area (Å²) in [4.78, 5) is 3.99. The van der Waals surface area contributed by atoms with Crippen LogP contribution in [0.3, 0.4) is 0 Å². The molecule has 0 amide bonds. The highest BCUT2D eigenvalue weighted by molar-refractivity contribution is 7.89. The Balaban J connectivity index is 2.70. The predicted octanol–water partition coefficient (Wildman–Crippen LogP) is 0.415. The van der Waals surface area contributed by atoms with Crippen LogP contribution >= 0.6 is 0 Å². The van der Waals surface area contributed by atoms with E-state index >= 15 is 0 Å². The summed E-state index contributed by atoms with van der Waals surface area (Å²) in [5.41, 5.74) is 0. The maximum absolute atomic E-state index is 12.0. The number of aromatic nitrogens is 2. The van der Waals surface area contributed by atoms with Crippen molar-refractivity contribution in [3.8, 4) is 0 Å². The largest absolute Gasteiger partial charge is 0.396 e. The number of aliphatic hydroxyl groups is 1. The molecule has 1 atom stereocenters. The van der Waals surface area contributed by atoms with Crippen LogP contribution in [-0.4, -0.2) is 36.2 Å². The fourth-order valence-electron chi connectivity index (χ4n) is 1.59. The van der Waals surface area contributed by atoms with Crippen molar-refractivity contribution in [2.45, 2.75) is 31.7 Å². The molecule has 1 heterocycles. The Morgan fingerprint density at radius 3 is 2.67 bits per heavy atom. The van der Waals surface area contributed by atoms with Crippen LogP contribution < -0.4 is 4.72 Å². The molecule has 0 fully saturated rings. The summed E-state index contributed by atoms with van der Waals surface area (Å²) >= 11 is 0. The second-order valence-electron chi connectivity index (χ2n) is 4.38. The van der Waals surface area contributed by atoms with Crippen molar-refractivity contribution >= 4 is 10.0 Å². The maximum atomic E-state index is 12.0. The summed E-state index contributed by atoms with van der Waals surface area (Å²) < 4.78 is 28.1. The Morgan fingerprint density at radius 1 is 1.56 bits per heavy atom. The number of imidazole rings is 1. The van der Waals surface area contributed by atoms with Gasteiger partial charge in [0, 0.05) is 26.4 Å². The number of aliphatic hydroxyl groups excluding tert-OH is 1. The third-order valence-corrected chi connectivity index (χ3v) is 4.33. The van der Waals surface area contributed by atoms with E-state index in [1.165, 1.54) is 6.20 Å². The molecule has 0 aliphatic rings. The van der Waals surface area contributed by atoms with E-state index in [1.807, 2.05) is 6.92 Å². The summed E-state index contributed by atoms with van der Waals surface area (Å²) in [6, 6.07) is 0. The Hall–Kier alpha value is -0.920. The predicted molar refractivity (Wildman–Crippen MR) is 68.6 cm³/mol. The second kappa shape index (κ2) is 6.31. The van der Waals surface area contributed by atoms with Crippen LogP contribution in [0.15, 0.2) is 11.2 Å². The van der Waals surface area contributed by atoms with E-state index in [4.69, 9.17) is 5.11 Å². The van der Waals surface area contributed by atoms with Crippen LogP contribution in [0, 0.1) is 12.8 Å². The molecule has 0 bridgehead atoms. The minimum absolute atomic E-state index is 0.0429. The fourth-order valence-corrected chi connectivity index (χ4v) is 2.74. The van der Waals surface area contributed by atoms with Crippen LogP contribution in [0.4, 0.5) is 0 Å². The third-order valence-electron chi connectivity index (χ3n) is 3.04. The molecule has 0 aliphatic heterocycles. The molecule has 6 nitrogen and oxygen atoms in total. The summed E-state index contributed by atoms with van der Waals surface area (Å²) in [7, 11) is -1.80. The first-order valence-electron chi connectivity index (χ1n) is 6.01. The van der Waals surface area contributed by atoms with Gasteiger partial charge in [-0.25, -0.2) is 18.1 Å². The topological polar surface area (TPSA) is 84.2 Å². The number of sulfonamides is 1. The average Bonchev–Trinajstić information content (AvgIpc) is 2.66. The molecule has 0 aliphatic carbocycles. The lowest BCUT2D eigenvalue weighted by Crippen LogP contribution is -2.30. The highest BCUT2D eigenvalue weighted by Gasteiger charge is 2.19. The molecule has 1 rings (SSSR count). The maximum Gasteiger partial charge on any atom is 0.259 e. The van der Waals surface area contributed by atoms with E-state index in [9.17, 15) is 8.42 Å². The van der Waals surface area contributed by atoms with Crippen molar-refractivity contribution in [1.29, 1.82) is 0 Å². The lowest BCUT2D eigenvalue weighted by atomic mass is 10.0. The van der Waals surface area contributed by atoms with Gasteiger partial charge in [0.1, 0.15) is 5.82 Å². The van der Waals surface area contributed by atoms with E-state index in [2.05, 4.69) is 9.71 Å². The van der Waals surface area contributed by atoms with Gasteiger partial charge in [-0.05, 0) is 19.3 Å². The van der Waals surface area contributed by atoms with E-state index in [1.54, 1.807) is 18.5 Å². The molecular formula is C11H21N3O3S. The van der Waals surface area contributed by atoms with Crippen LogP contribution in [0.5, 0.6) is 0 Å². The monoisotopic (exact) mass is 275 g/mol. The van der Waals surface area contributed by atoms with E-state index in [-0.39, 0.29) is 17.6 Å². The molecule has 104 valence electrons. The Bertz CT molecular complexity index is 462. The van der Waals surface area contributed by atoms with Gasteiger partial charge in [0.2, 0.25) is 0 Å². The first-order valence-corrected chi connectivity index (χ1v) is 7.49. The Morgan fingerprint density at radius 2 is 2.22 bits per heavy atom. The zero-order valence-electron chi connectivity index (χ0n) is 11.0. The summed E-state index contributed by atoms with van der Waals surface area (Å²) in [6.45, 7) is 4.12. The molecule has 1 aromatic heterocycles. The molecule has 1 aromatic rings. The van der Waals surface area contributed by atoms with Crippen LogP contribution in [0.2, 0.25) is 0 Å². The highest BCUT2D eigenvalue weighted by Crippen LogP contribution is 2.10. The molecule has 7 heteroatoms. The van der Waals surface area contributed by atoms with E-state index in [0.717, 1.165) is 6.42 Å². The van der Waals surface area contributed by atoms with Gasteiger partial charge >= 0.3 is 0 Å². The van der Waals surface area contributed by atoms with Gasteiger partial charge in [0.25, 0.3) is 10.0 Å². The molecular weight excluding hydrogens is 254 g/mol. The quantitative estimate of drug-likeness (QED) is 0.755. The minimum Gasteiger partial charge on any atom is -0.396 e. The van der Waals surface area contributed by atoms with E-state index < -0.39 is 10.0 Å². The Labute approximate surface area is 108 Å². The second-order valence-corrected chi connectivity index (χ2v) is 6.09. The van der Waals surface area contributed by atoms with Crippen LogP contribution in [0.25, 0.3) is 0 Å². The van der Waals surface area contributed by atoms with E-state index in [0.29, 0.717) is 18.8 Å². The summed E-state index contributed by atoms with van der Waals surface area (Å²) in [5.74, 6) is 0.798. The molecule has 0 saturated heterocycles. The van der Waals surface area contributed by atoms with Gasteiger partial charge in [0.15, 0.2) is 5.03 Å². The highest BCUT2D eigenvalue weighted by atomic mass is 32.2. The molecule has 18 heavy (non-hydrogen) atoms. The number of rotatable bonds is 7. The number of hydrogen-bond donors (Lipinski definition) is 2. The molecule has 2 N–H and O–H groups in total. The number of hydrogen-bond acceptors (Lipinski definition) is 4. The van der Waals surface area contributed by atoms with Crippen molar-refractivity contribution in [2.24, 2.45) is 13.0 Å². The normalized spacial score (nSPS) is 13.8. The lowest BCUT2D eigenvalue weighted by Gasteiger charge is -2.13. The van der Waals surface area contributed by atoms with Crippen LogP contribution in [0.1, 0.15) is 25.6 Å². The lowest BCUT2D eigenvalue weighted by molar-refractivity contribution is 0.254. The Kier molecular flexibility index (Phi) is 5.30. The van der Waals surface area contributed by atoms with Crippen molar-refractivity contribution in [3.05, 3.63) is 12.0 Å².